The van der Waals surface area contributed by atoms with Crippen molar-refractivity contribution in [2.45, 2.75) is 18.8 Å². The lowest BCUT2D eigenvalue weighted by atomic mass is 9.98. The molecule has 5 heteroatoms. The number of hydrogen-bond acceptors (Lipinski definition) is 3. The van der Waals surface area contributed by atoms with Crippen molar-refractivity contribution in [3.05, 3.63) is 89.5 Å². The van der Waals surface area contributed by atoms with Gasteiger partial charge in [0.2, 0.25) is 0 Å². The van der Waals surface area contributed by atoms with Gasteiger partial charge >= 0.3 is 12.1 Å². The van der Waals surface area contributed by atoms with Crippen LogP contribution in [0.1, 0.15) is 35.4 Å². The Morgan fingerprint density at radius 1 is 0.966 bits per heavy atom. The lowest BCUT2D eigenvalue weighted by molar-refractivity contribution is -0.138. The number of rotatable bonds is 5. The number of hydrogen-bond donors (Lipinski definition) is 2. The molecule has 5 nitrogen and oxygen atoms in total. The van der Waals surface area contributed by atoms with Gasteiger partial charge in [0.25, 0.3) is 0 Å². The van der Waals surface area contributed by atoms with E-state index in [1.807, 2.05) is 24.3 Å². The van der Waals surface area contributed by atoms with Crippen molar-refractivity contribution in [1.82, 2.24) is 0 Å². The summed E-state index contributed by atoms with van der Waals surface area (Å²) in [6, 6.07) is 23.1. The third-order valence-corrected chi connectivity index (χ3v) is 5.35. The molecule has 3 aromatic carbocycles. The number of carboxylic acid groups (broad SMARTS) is 1. The highest BCUT2D eigenvalue weighted by molar-refractivity contribution is 5.85. The number of fused-ring (bicyclic) bond motifs is 3. The van der Waals surface area contributed by atoms with Gasteiger partial charge in [0.1, 0.15) is 6.61 Å². The van der Waals surface area contributed by atoms with Gasteiger partial charge in [-0.3, -0.25) is 10.1 Å². The van der Waals surface area contributed by atoms with Crippen LogP contribution in [-0.4, -0.2) is 23.8 Å². The first-order valence-corrected chi connectivity index (χ1v) is 9.49. The van der Waals surface area contributed by atoms with Crippen molar-refractivity contribution < 1.29 is 19.4 Å². The van der Waals surface area contributed by atoms with Crippen LogP contribution in [0.2, 0.25) is 0 Å². The number of carboxylic acids is 1. The predicted molar refractivity (Wildman–Crippen MR) is 111 cm³/mol. The van der Waals surface area contributed by atoms with Crippen molar-refractivity contribution in [2.24, 2.45) is 0 Å². The quantitative estimate of drug-likeness (QED) is 0.628. The SMILES string of the molecule is C[C@@H](C(=O)O)c1cccc(NC(=O)OCC2c3ccccc3-c3ccccc32)c1. The molecule has 0 aliphatic heterocycles. The fourth-order valence-electron chi connectivity index (χ4n) is 3.78. The molecule has 0 saturated carbocycles. The monoisotopic (exact) mass is 387 g/mol. The molecule has 2 N–H and O–H groups in total. The summed E-state index contributed by atoms with van der Waals surface area (Å²) in [6.07, 6.45) is -0.563. The van der Waals surface area contributed by atoms with Crippen molar-refractivity contribution in [3.63, 3.8) is 0 Å². The molecule has 0 aromatic heterocycles. The highest BCUT2D eigenvalue weighted by Crippen LogP contribution is 2.44. The zero-order valence-electron chi connectivity index (χ0n) is 16.0. The number of nitrogens with one attached hydrogen (secondary N) is 1. The van der Waals surface area contributed by atoms with Crippen LogP contribution in [0.15, 0.2) is 72.8 Å². The maximum atomic E-state index is 12.4. The van der Waals surface area contributed by atoms with Gasteiger partial charge in [0.15, 0.2) is 0 Å². The maximum Gasteiger partial charge on any atom is 0.411 e. The molecule has 29 heavy (non-hydrogen) atoms. The third kappa shape index (κ3) is 3.72. The fraction of sp³-hybridized carbons (Fsp3) is 0.167. The molecule has 146 valence electrons. The number of carbonyl (C=O) groups excluding carboxylic acids is 1. The van der Waals surface area contributed by atoms with E-state index in [1.165, 1.54) is 11.1 Å². The van der Waals surface area contributed by atoms with E-state index in [9.17, 15) is 9.59 Å². The molecule has 1 amide bonds. The molecule has 1 aliphatic carbocycles. The Hall–Kier alpha value is -3.60. The molecule has 0 fully saturated rings. The summed E-state index contributed by atoms with van der Waals surface area (Å²) >= 11 is 0. The van der Waals surface area contributed by atoms with E-state index in [1.54, 1.807) is 31.2 Å². The van der Waals surface area contributed by atoms with Crippen molar-refractivity contribution in [3.8, 4) is 11.1 Å². The van der Waals surface area contributed by atoms with E-state index in [2.05, 4.69) is 29.6 Å². The van der Waals surface area contributed by atoms with Crippen molar-refractivity contribution >= 4 is 17.7 Å². The largest absolute Gasteiger partial charge is 0.481 e. The standard InChI is InChI=1S/C24H21NO4/c1-15(23(26)27)16-7-6-8-17(13-16)25-24(28)29-14-22-20-11-4-2-9-18(20)19-10-3-5-12-21(19)22/h2-13,15,22H,14H2,1H3,(H,25,28)(H,26,27)/t15-/m1/s1. The first-order chi connectivity index (χ1) is 14.0. The van der Waals surface area contributed by atoms with E-state index in [4.69, 9.17) is 9.84 Å². The van der Waals surface area contributed by atoms with Crippen LogP contribution in [0.25, 0.3) is 11.1 Å². The maximum absolute atomic E-state index is 12.4. The molecule has 3 aromatic rings. The molecule has 0 bridgehead atoms. The highest BCUT2D eigenvalue weighted by atomic mass is 16.5. The van der Waals surface area contributed by atoms with Crippen LogP contribution in [-0.2, 0) is 9.53 Å². The molecule has 1 atom stereocenters. The zero-order chi connectivity index (χ0) is 20.4. The molecular formula is C24H21NO4. The second kappa shape index (κ2) is 7.80. The number of aliphatic carboxylic acids is 1. The molecule has 0 saturated heterocycles. The van der Waals surface area contributed by atoms with E-state index in [0.717, 1.165) is 11.1 Å². The summed E-state index contributed by atoms with van der Waals surface area (Å²) in [5, 5.41) is 11.9. The van der Waals surface area contributed by atoms with E-state index in [-0.39, 0.29) is 12.5 Å². The van der Waals surface area contributed by atoms with Crippen LogP contribution in [0, 0.1) is 0 Å². The topological polar surface area (TPSA) is 75.6 Å². The van der Waals surface area contributed by atoms with Gasteiger partial charge in [-0.1, -0.05) is 60.7 Å². The number of anilines is 1. The average Bonchev–Trinajstić information content (AvgIpc) is 3.05. The third-order valence-electron chi connectivity index (χ3n) is 5.35. The lowest BCUT2D eigenvalue weighted by Gasteiger charge is -2.15. The van der Waals surface area contributed by atoms with Crippen LogP contribution in [0.5, 0.6) is 0 Å². The molecule has 0 unspecified atom stereocenters. The van der Waals surface area contributed by atoms with Gasteiger partial charge in [-0.2, -0.15) is 0 Å². The smallest absolute Gasteiger partial charge is 0.411 e. The Balaban J connectivity index is 1.46. The van der Waals surface area contributed by atoms with E-state index in [0.29, 0.717) is 11.3 Å². The minimum absolute atomic E-state index is 0.00785. The summed E-state index contributed by atoms with van der Waals surface area (Å²) in [7, 11) is 0. The molecule has 0 radical (unpaired) electrons. The van der Waals surface area contributed by atoms with Crippen LogP contribution < -0.4 is 5.32 Å². The van der Waals surface area contributed by atoms with Gasteiger partial charge in [-0.25, -0.2) is 4.79 Å². The van der Waals surface area contributed by atoms with Crippen molar-refractivity contribution in [2.75, 3.05) is 11.9 Å². The Bertz CT molecular complexity index is 1030. The predicted octanol–water partition coefficient (Wildman–Crippen LogP) is 5.24. The van der Waals surface area contributed by atoms with Gasteiger partial charge in [-0.15, -0.1) is 0 Å². The molecule has 0 spiro atoms. The lowest BCUT2D eigenvalue weighted by Crippen LogP contribution is -2.18. The summed E-state index contributed by atoms with van der Waals surface area (Å²) in [6.45, 7) is 1.83. The van der Waals surface area contributed by atoms with Gasteiger partial charge in [0.05, 0.1) is 5.92 Å². The van der Waals surface area contributed by atoms with Crippen LogP contribution in [0.3, 0.4) is 0 Å². The number of carbonyl (C=O) groups is 2. The Morgan fingerprint density at radius 3 is 2.21 bits per heavy atom. The summed E-state index contributed by atoms with van der Waals surface area (Å²) in [4.78, 5) is 23.5. The molecule has 1 aliphatic rings. The Labute approximate surface area is 169 Å². The average molecular weight is 387 g/mol. The summed E-state index contributed by atoms with van der Waals surface area (Å²) in [5.74, 6) is -1.57. The minimum Gasteiger partial charge on any atom is -0.481 e. The first-order valence-electron chi connectivity index (χ1n) is 9.49. The Morgan fingerprint density at radius 2 is 1.59 bits per heavy atom. The first kappa shape index (κ1) is 18.7. The summed E-state index contributed by atoms with van der Waals surface area (Å²) < 4.78 is 5.53. The number of benzene rings is 3. The second-order valence-corrected chi connectivity index (χ2v) is 7.14. The summed E-state index contributed by atoms with van der Waals surface area (Å²) in [5.41, 5.74) is 5.78. The van der Waals surface area contributed by atoms with Crippen LogP contribution in [0.4, 0.5) is 10.5 Å². The fourth-order valence-corrected chi connectivity index (χ4v) is 3.78. The second-order valence-electron chi connectivity index (χ2n) is 7.14. The number of amides is 1. The van der Waals surface area contributed by atoms with Gasteiger partial charge < -0.3 is 9.84 Å². The van der Waals surface area contributed by atoms with E-state index >= 15 is 0 Å². The molecule has 0 heterocycles. The van der Waals surface area contributed by atoms with Crippen molar-refractivity contribution in [1.29, 1.82) is 0 Å². The van der Waals surface area contributed by atoms with E-state index < -0.39 is 18.0 Å². The number of ether oxygens (including phenoxy) is 1. The van der Waals surface area contributed by atoms with Gasteiger partial charge in [0, 0.05) is 11.6 Å². The molecule has 4 rings (SSSR count). The minimum atomic E-state index is -0.914. The van der Waals surface area contributed by atoms with Gasteiger partial charge in [-0.05, 0) is 46.9 Å². The molecular weight excluding hydrogens is 366 g/mol. The zero-order valence-corrected chi connectivity index (χ0v) is 16.0. The Kier molecular flexibility index (Phi) is 5.04. The van der Waals surface area contributed by atoms with Crippen LogP contribution >= 0.6 is 0 Å². The highest BCUT2D eigenvalue weighted by Gasteiger charge is 2.29. The normalized spacial score (nSPS) is 13.3.